The van der Waals surface area contributed by atoms with Crippen molar-refractivity contribution in [2.75, 3.05) is 12.9 Å². The predicted molar refractivity (Wildman–Crippen MR) is 90.5 cm³/mol. The summed E-state index contributed by atoms with van der Waals surface area (Å²) in [4.78, 5) is 23.6. The Labute approximate surface area is 141 Å². The normalized spacial score (nSPS) is 21.0. The minimum atomic E-state index is -0.397. The number of hydrogen-bond donors (Lipinski definition) is 1. The zero-order valence-electron chi connectivity index (χ0n) is 14.0. The molecule has 128 valence electrons. The van der Waals surface area contributed by atoms with Crippen molar-refractivity contribution < 1.29 is 18.7 Å². The van der Waals surface area contributed by atoms with Gasteiger partial charge in [0.05, 0.1) is 18.6 Å². The highest BCUT2D eigenvalue weighted by molar-refractivity contribution is 7.99. The lowest BCUT2D eigenvalue weighted by Gasteiger charge is -2.29. The van der Waals surface area contributed by atoms with Crippen LogP contribution in [-0.4, -0.2) is 30.8 Å². The summed E-state index contributed by atoms with van der Waals surface area (Å²) in [6.07, 6.45) is 4.74. The van der Waals surface area contributed by atoms with Gasteiger partial charge in [0.25, 0.3) is 0 Å². The molecule has 0 spiro atoms. The third-order valence-electron chi connectivity index (χ3n) is 4.31. The van der Waals surface area contributed by atoms with E-state index in [1.165, 1.54) is 38.1 Å². The average Bonchev–Trinajstić information content (AvgIpc) is 2.89. The van der Waals surface area contributed by atoms with Crippen LogP contribution in [0.1, 0.15) is 54.5 Å². The van der Waals surface area contributed by atoms with E-state index >= 15 is 0 Å². The zero-order chi connectivity index (χ0) is 16.8. The Bertz CT molecular complexity index is 555. The molecule has 5 nitrogen and oxygen atoms in total. The molecular weight excluding hydrogens is 314 g/mol. The van der Waals surface area contributed by atoms with Crippen molar-refractivity contribution in [3.63, 3.8) is 0 Å². The number of esters is 1. The SMILES string of the molecule is COC(=O)c1cc(CSCC(=O)N[C@@H]2CCCC[C@@H]2C)oc1C. The van der Waals surface area contributed by atoms with E-state index in [9.17, 15) is 9.59 Å². The second-order valence-electron chi connectivity index (χ2n) is 6.10. The molecule has 2 rings (SSSR count). The van der Waals surface area contributed by atoms with Gasteiger partial charge < -0.3 is 14.5 Å². The number of carbonyl (C=O) groups excluding carboxylic acids is 2. The topological polar surface area (TPSA) is 68.5 Å². The monoisotopic (exact) mass is 339 g/mol. The molecular formula is C17H25NO4S. The highest BCUT2D eigenvalue weighted by atomic mass is 32.2. The van der Waals surface area contributed by atoms with Crippen LogP contribution in [0.25, 0.3) is 0 Å². The van der Waals surface area contributed by atoms with Crippen LogP contribution < -0.4 is 5.32 Å². The standard InChI is InChI=1S/C17H25NO4S/c1-11-6-4-5-7-15(11)18-16(19)10-23-9-13-8-14(12(2)22-13)17(20)21-3/h8,11,15H,4-7,9-10H2,1-3H3,(H,18,19)/t11-,15+/m0/s1. The predicted octanol–water partition coefficient (Wildman–Crippen LogP) is 3.30. The van der Waals surface area contributed by atoms with Gasteiger partial charge in [-0.25, -0.2) is 4.79 Å². The number of nitrogens with one attached hydrogen (secondary N) is 1. The second kappa shape index (κ2) is 8.43. The van der Waals surface area contributed by atoms with Crippen LogP contribution in [0.15, 0.2) is 10.5 Å². The van der Waals surface area contributed by atoms with Gasteiger partial charge in [-0.05, 0) is 31.7 Å². The van der Waals surface area contributed by atoms with Crippen molar-refractivity contribution in [2.24, 2.45) is 5.92 Å². The Balaban J connectivity index is 1.76. The van der Waals surface area contributed by atoms with E-state index in [0.717, 1.165) is 6.42 Å². The molecule has 1 aromatic rings. The molecule has 1 saturated carbocycles. The molecule has 6 heteroatoms. The zero-order valence-corrected chi connectivity index (χ0v) is 14.8. The number of thioether (sulfide) groups is 1. The van der Waals surface area contributed by atoms with Crippen LogP contribution in [0, 0.1) is 12.8 Å². The highest BCUT2D eigenvalue weighted by Gasteiger charge is 2.22. The van der Waals surface area contributed by atoms with E-state index < -0.39 is 5.97 Å². The molecule has 0 saturated heterocycles. The lowest BCUT2D eigenvalue weighted by atomic mass is 9.86. The first kappa shape index (κ1) is 17.9. The largest absolute Gasteiger partial charge is 0.465 e. The maximum atomic E-state index is 12.0. The summed E-state index contributed by atoms with van der Waals surface area (Å²) in [6.45, 7) is 3.94. The van der Waals surface area contributed by atoms with Crippen LogP contribution in [0.2, 0.25) is 0 Å². The summed E-state index contributed by atoms with van der Waals surface area (Å²) >= 11 is 1.49. The van der Waals surface area contributed by atoms with Crippen LogP contribution >= 0.6 is 11.8 Å². The second-order valence-corrected chi connectivity index (χ2v) is 7.09. The van der Waals surface area contributed by atoms with Crippen molar-refractivity contribution in [3.8, 4) is 0 Å². The molecule has 0 aliphatic heterocycles. The molecule has 23 heavy (non-hydrogen) atoms. The highest BCUT2D eigenvalue weighted by Crippen LogP contribution is 2.24. The molecule has 1 aliphatic carbocycles. The number of hydrogen-bond acceptors (Lipinski definition) is 5. The first-order valence-electron chi connectivity index (χ1n) is 8.06. The Morgan fingerprint density at radius 1 is 1.39 bits per heavy atom. The van der Waals surface area contributed by atoms with Gasteiger partial charge in [-0.3, -0.25) is 4.79 Å². The maximum absolute atomic E-state index is 12.0. The molecule has 1 fully saturated rings. The number of rotatable bonds is 6. The molecule has 1 aliphatic rings. The van der Waals surface area contributed by atoms with Gasteiger partial charge in [-0.15, -0.1) is 11.8 Å². The van der Waals surface area contributed by atoms with E-state index in [0.29, 0.717) is 40.5 Å². The fraction of sp³-hybridized carbons (Fsp3) is 0.647. The van der Waals surface area contributed by atoms with Gasteiger partial charge in [0.2, 0.25) is 5.91 Å². The third-order valence-corrected chi connectivity index (χ3v) is 5.26. The minimum absolute atomic E-state index is 0.0743. The van der Waals surface area contributed by atoms with Gasteiger partial charge in [-0.1, -0.05) is 19.8 Å². The van der Waals surface area contributed by atoms with Crippen molar-refractivity contribution in [1.82, 2.24) is 5.32 Å². The lowest BCUT2D eigenvalue weighted by molar-refractivity contribution is -0.119. The van der Waals surface area contributed by atoms with E-state index in [4.69, 9.17) is 9.15 Å². The molecule has 0 unspecified atom stereocenters. The number of furan rings is 1. The molecule has 1 amide bonds. The molecule has 0 bridgehead atoms. The Morgan fingerprint density at radius 2 is 2.13 bits per heavy atom. The molecule has 2 atom stereocenters. The van der Waals surface area contributed by atoms with E-state index in [2.05, 4.69) is 12.2 Å². The summed E-state index contributed by atoms with van der Waals surface area (Å²) in [5.74, 6) is 2.44. The van der Waals surface area contributed by atoms with Crippen LogP contribution in [-0.2, 0) is 15.3 Å². The Morgan fingerprint density at radius 3 is 2.83 bits per heavy atom. The quantitative estimate of drug-likeness (QED) is 0.805. The summed E-state index contributed by atoms with van der Waals surface area (Å²) in [6, 6.07) is 2.00. The van der Waals surface area contributed by atoms with E-state index in [-0.39, 0.29) is 5.91 Å². The van der Waals surface area contributed by atoms with Gasteiger partial charge in [0.15, 0.2) is 0 Å². The number of carbonyl (C=O) groups is 2. The number of aryl methyl sites for hydroxylation is 1. The summed E-state index contributed by atoms with van der Waals surface area (Å²) < 4.78 is 10.2. The van der Waals surface area contributed by atoms with Gasteiger partial charge >= 0.3 is 5.97 Å². The Kier molecular flexibility index (Phi) is 6.57. The molecule has 1 heterocycles. The fourth-order valence-electron chi connectivity index (χ4n) is 2.95. The van der Waals surface area contributed by atoms with E-state index in [1.807, 2.05) is 0 Å². The van der Waals surface area contributed by atoms with Gasteiger partial charge in [0.1, 0.15) is 17.1 Å². The number of ether oxygens (including phenoxy) is 1. The van der Waals surface area contributed by atoms with Crippen molar-refractivity contribution >= 4 is 23.6 Å². The first-order chi connectivity index (χ1) is 11.0. The Hall–Kier alpha value is -1.43. The van der Waals surface area contributed by atoms with Gasteiger partial charge in [-0.2, -0.15) is 0 Å². The minimum Gasteiger partial charge on any atom is -0.465 e. The summed E-state index contributed by atoms with van der Waals surface area (Å²) in [5, 5.41) is 3.13. The molecule has 0 aromatic carbocycles. The first-order valence-corrected chi connectivity index (χ1v) is 9.21. The third kappa shape index (κ3) is 5.03. The summed E-state index contributed by atoms with van der Waals surface area (Å²) in [5.41, 5.74) is 0.448. The van der Waals surface area contributed by atoms with Crippen LogP contribution in [0.4, 0.5) is 0 Å². The van der Waals surface area contributed by atoms with Crippen molar-refractivity contribution in [2.45, 2.75) is 51.3 Å². The van der Waals surface area contributed by atoms with E-state index in [1.54, 1.807) is 13.0 Å². The smallest absolute Gasteiger partial charge is 0.341 e. The lowest BCUT2D eigenvalue weighted by Crippen LogP contribution is -2.41. The fourth-order valence-corrected chi connectivity index (χ4v) is 3.67. The van der Waals surface area contributed by atoms with Crippen molar-refractivity contribution in [3.05, 3.63) is 23.2 Å². The molecule has 1 aromatic heterocycles. The van der Waals surface area contributed by atoms with Crippen molar-refractivity contribution in [1.29, 1.82) is 0 Å². The number of amides is 1. The summed E-state index contributed by atoms with van der Waals surface area (Å²) in [7, 11) is 1.35. The van der Waals surface area contributed by atoms with Crippen LogP contribution in [0.5, 0.6) is 0 Å². The van der Waals surface area contributed by atoms with Crippen LogP contribution in [0.3, 0.4) is 0 Å². The molecule has 1 N–H and O–H groups in total. The maximum Gasteiger partial charge on any atom is 0.341 e. The number of methoxy groups -OCH3 is 1. The molecule has 0 radical (unpaired) electrons. The van der Waals surface area contributed by atoms with Gasteiger partial charge in [0, 0.05) is 6.04 Å². The average molecular weight is 339 g/mol.